The van der Waals surface area contributed by atoms with Gasteiger partial charge in [-0.25, -0.2) is 0 Å². The molecule has 0 saturated carbocycles. The molecule has 132 valence electrons. The number of nitrogens with zero attached hydrogens (tertiary/aromatic N) is 2. The summed E-state index contributed by atoms with van der Waals surface area (Å²) < 4.78 is 5.61. The molecule has 0 aromatic heterocycles. The van der Waals surface area contributed by atoms with E-state index in [2.05, 4.69) is 0 Å². The van der Waals surface area contributed by atoms with Crippen molar-refractivity contribution in [3.8, 4) is 5.75 Å². The summed E-state index contributed by atoms with van der Waals surface area (Å²) in [4.78, 5) is 28.3. The van der Waals surface area contributed by atoms with Gasteiger partial charge in [-0.2, -0.15) is 0 Å². The normalized spacial score (nSPS) is 22.7. The van der Waals surface area contributed by atoms with Crippen molar-refractivity contribution in [1.82, 2.24) is 4.90 Å². The van der Waals surface area contributed by atoms with Crippen LogP contribution in [0.1, 0.15) is 19.8 Å². The number of hydrogen-bond acceptors (Lipinski definition) is 4. The fourth-order valence-corrected chi connectivity index (χ4v) is 3.21. The standard InChI is InChI=1S/C17H23N3O3.ClH/c1-12-17(22)20(14-4-2-3-5-15(14)23-12)9-7-16(21)19-8-6-13(10-18)11-19;/h2-5,12-13H,6-11,18H2,1H3;1H. The van der Waals surface area contributed by atoms with Crippen molar-refractivity contribution in [3.05, 3.63) is 24.3 Å². The van der Waals surface area contributed by atoms with E-state index in [-0.39, 0.29) is 24.2 Å². The third-order valence-electron chi connectivity index (χ3n) is 4.59. The van der Waals surface area contributed by atoms with E-state index < -0.39 is 6.10 Å². The van der Waals surface area contributed by atoms with Gasteiger partial charge in [0.05, 0.1) is 5.69 Å². The molecule has 6 nitrogen and oxygen atoms in total. The first kappa shape index (κ1) is 18.5. The molecule has 2 atom stereocenters. The van der Waals surface area contributed by atoms with Gasteiger partial charge in [-0.05, 0) is 37.9 Å². The van der Waals surface area contributed by atoms with Gasteiger partial charge < -0.3 is 20.3 Å². The van der Waals surface area contributed by atoms with Gasteiger partial charge in [-0.3, -0.25) is 9.59 Å². The van der Waals surface area contributed by atoms with Crippen LogP contribution in [0.25, 0.3) is 0 Å². The number of amides is 2. The van der Waals surface area contributed by atoms with Gasteiger partial charge in [-0.15, -0.1) is 12.4 Å². The Balaban J connectivity index is 0.00000208. The first-order chi connectivity index (χ1) is 11.1. The summed E-state index contributed by atoms with van der Waals surface area (Å²) in [5, 5.41) is 0. The minimum absolute atomic E-state index is 0. The van der Waals surface area contributed by atoms with Crippen LogP contribution in [0.2, 0.25) is 0 Å². The zero-order chi connectivity index (χ0) is 16.4. The first-order valence-corrected chi connectivity index (χ1v) is 8.15. The summed E-state index contributed by atoms with van der Waals surface area (Å²) in [5.41, 5.74) is 6.41. The molecule has 2 amide bonds. The SMILES string of the molecule is CC1Oc2ccccc2N(CCC(=O)N2CCC(CN)C2)C1=O.Cl. The average Bonchev–Trinajstić information content (AvgIpc) is 3.04. The number of carbonyl (C=O) groups is 2. The lowest BCUT2D eigenvalue weighted by atomic mass is 10.1. The van der Waals surface area contributed by atoms with Crippen LogP contribution in [0.15, 0.2) is 24.3 Å². The predicted molar refractivity (Wildman–Crippen MR) is 94.5 cm³/mol. The maximum Gasteiger partial charge on any atom is 0.267 e. The molecular weight excluding hydrogens is 330 g/mol. The summed E-state index contributed by atoms with van der Waals surface area (Å²) in [6.07, 6.45) is 0.774. The smallest absolute Gasteiger partial charge is 0.267 e. The maximum absolute atomic E-state index is 12.4. The Morgan fingerprint density at radius 2 is 2.12 bits per heavy atom. The summed E-state index contributed by atoms with van der Waals surface area (Å²) in [7, 11) is 0. The van der Waals surface area contributed by atoms with Crippen molar-refractivity contribution in [2.75, 3.05) is 31.1 Å². The quantitative estimate of drug-likeness (QED) is 0.888. The molecule has 1 aromatic carbocycles. The maximum atomic E-state index is 12.4. The molecule has 0 bridgehead atoms. The molecule has 1 fully saturated rings. The summed E-state index contributed by atoms with van der Waals surface area (Å²) in [6, 6.07) is 7.44. The molecule has 1 aromatic rings. The van der Waals surface area contributed by atoms with E-state index in [0.717, 1.165) is 25.2 Å². The van der Waals surface area contributed by atoms with Gasteiger partial charge in [0.1, 0.15) is 5.75 Å². The molecule has 24 heavy (non-hydrogen) atoms. The number of carbonyl (C=O) groups excluding carboxylic acids is 2. The Hall–Kier alpha value is -1.79. The Labute approximate surface area is 148 Å². The summed E-state index contributed by atoms with van der Waals surface area (Å²) in [6.45, 7) is 4.24. The molecule has 2 aliphatic heterocycles. The number of halogens is 1. The Bertz CT molecular complexity index is 610. The van der Waals surface area contributed by atoms with E-state index in [1.165, 1.54) is 0 Å². The Morgan fingerprint density at radius 1 is 1.38 bits per heavy atom. The van der Waals surface area contributed by atoms with Crippen molar-refractivity contribution in [2.45, 2.75) is 25.9 Å². The molecule has 0 radical (unpaired) electrons. The van der Waals surface area contributed by atoms with Gasteiger partial charge in [0, 0.05) is 26.1 Å². The molecule has 0 spiro atoms. The number of nitrogens with two attached hydrogens (primary N) is 1. The van der Waals surface area contributed by atoms with E-state index in [1.807, 2.05) is 29.2 Å². The average molecular weight is 354 g/mol. The number of para-hydroxylation sites is 2. The molecular formula is C17H24ClN3O3. The van der Waals surface area contributed by atoms with Gasteiger partial charge in [0.15, 0.2) is 6.10 Å². The summed E-state index contributed by atoms with van der Waals surface area (Å²) in [5.74, 6) is 1.09. The van der Waals surface area contributed by atoms with Crippen molar-refractivity contribution < 1.29 is 14.3 Å². The van der Waals surface area contributed by atoms with Gasteiger partial charge in [0.2, 0.25) is 5.91 Å². The third kappa shape index (κ3) is 3.65. The molecule has 2 N–H and O–H groups in total. The minimum Gasteiger partial charge on any atom is -0.479 e. The highest BCUT2D eigenvalue weighted by Gasteiger charge is 2.32. The van der Waals surface area contributed by atoms with E-state index in [9.17, 15) is 9.59 Å². The predicted octanol–water partition coefficient (Wildman–Crippen LogP) is 1.42. The molecule has 2 unspecified atom stereocenters. The fraction of sp³-hybridized carbons (Fsp3) is 0.529. The number of benzene rings is 1. The van der Waals surface area contributed by atoms with Crippen molar-refractivity contribution in [1.29, 1.82) is 0 Å². The van der Waals surface area contributed by atoms with Crippen LogP contribution in [-0.4, -0.2) is 49.0 Å². The lowest BCUT2D eigenvalue weighted by molar-refractivity contribution is -0.130. The van der Waals surface area contributed by atoms with E-state index in [4.69, 9.17) is 10.5 Å². The van der Waals surface area contributed by atoms with Crippen LogP contribution in [-0.2, 0) is 9.59 Å². The number of ether oxygens (including phenoxy) is 1. The van der Waals surface area contributed by atoms with Crippen LogP contribution in [0.3, 0.4) is 0 Å². The third-order valence-corrected chi connectivity index (χ3v) is 4.59. The van der Waals surface area contributed by atoms with Crippen LogP contribution in [0, 0.1) is 5.92 Å². The molecule has 0 aliphatic carbocycles. The highest BCUT2D eigenvalue weighted by molar-refractivity contribution is 6.00. The molecule has 1 saturated heterocycles. The topological polar surface area (TPSA) is 75.9 Å². The zero-order valence-electron chi connectivity index (χ0n) is 13.8. The summed E-state index contributed by atoms with van der Waals surface area (Å²) >= 11 is 0. The van der Waals surface area contributed by atoms with Crippen LogP contribution in [0.4, 0.5) is 5.69 Å². The molecule has 7 heteroatoms. The molecule has 3 rings (SSSR count). The van der Waals surface area contributed by atoms with Crippen molar-refractivity contribution >= 4 is 29.9 Å². The zero-order valence-corrected chi connectivity index (χ0v) is 14.6. The number of likely N-dealkylation sites (tertiary alicyclic amines) is 1. The van der Waals surface area contributed by atoms with Crippen LogP contribution in [0.5, 0.6) is 5.75 Å². The number of hydrogen-bond donors (Lipinski definition) is 1. The Morgan fingerprint density at radius 3 is 2.83 bits per heavy atom. The first-order valence-electron chi connectivity index (χ1n) is 8.15. The second kappa shape index (κ2) is 7.85. The number of fused-ring (bicyclic) bond motifs is 1. The lowest BCUT2D eigenvalue weighted by Crippen LogP contribution is -2.46. The Kier molecular flexibility index (Phi) is 6.07. The fourth-order valence-electron chi connectivity index (χ4n) is 3.21. The highest BCUT2D eigenvalue weighted by Crippen LogP contribution is 2.33. The van der Waals surface area contributed by atoms with Gasteiger partial charge in [-0.1, -0.05) is 12.1 Å². The highest BCUT2D eigenvalue weighted by atomic mass is 35.5. The lowest BCUT2D eigenvalue weighted by Gasteiger charge is -2.33. The van der Waals surface area contributed by atoms with E-state index >= 15 is 0 Å². The van der Waals surface area contributed by atoms with E-state index in [0.29, 0.717) is 31.2 Å². The second-order valence-electron chi connectivity index (χ2n) is 6.20. The molecule has 2 aliphatic rings. The largest absolute Gasteiger partial charge is 0.479 e. The molecule has 2 heterocycles. The second-order valence-corrected chi connectivity index (χ2v) is 6.20. The van der Waals surface area contributed by atoms with Gasteiger partial charge >= 0.3 is 0 Å². The van der Waals surface area contributed by atoms with Crippen molar-refractivity contribution in [2.24, 2.45) is 11.7 Å². The minimum atomic E-state index is -0.520. The monoisotopic (exact) mass is 353 g/mol. The van der Waals surface area contributed by atoms with E-state index in [1.54, 1.807) is 11.8 Å². The van der Waals surface area contributed by atoms with Gasteiger partial charge in [0.25, 0.3) is 5.91 Å². The van der Waals surface area contributed by atoms with Crippen LogP contribution < -0.4 is 15.4 Å². The number of anilines is 1. The van der Waals surface area contributed by atoms with Crippen LogP contribution >= 0.6 is 12.4 Å². The number of rotatable bonds is 4. The van der Waals surface area contributed by atoms with Crippen molar-refractivity contribution in [3.63, 3.8) is 0 Å².